The van der Waals surface area contributed by atoms with Crippen LogP contribution in [0, 0.1) is 5.92 Å². The fraction of sp³-hybridized carbons (Fsp3) is 0.391. The maximum Gasteiger partial charge on any atom is 0.252 e. The van der Waals surface area contributed by atoms with E-state index in [1.54, 1.807) is 4.90 Å². The first kappa shape index (κ1) is 19.5. The number of halogens is 3. The summed E-state index contributed by atoms with van der Waals surface area (Å²) in [7, 11) is 0. The number of carbonyl (C=O) groups is 1. The van der Waals surface area contributed by atoms with E-state index in [0.29, 0.717) is 31.0 Å². The molecule has 4 nitrogen and oxygen atoms in total. The van der Waals surface area contributed by atoms with Crippen molar-refractivity contribution in [2.24, 2.45) is 5.92 Å². The van der Waals surface area contributed by atoms with Crippen LogP contribution in [0.3, 0.4) is 0 Å². The Kier molecular flexibility index (Phi) is 4.58. The molecule has 156 valence electrons. The number of rotatable bonds is 4. The SMILES string of the molecule is O=C(CC1CC1(F)F)N1CCC(c2ccccc2)(c2cn3cc(Cl)ccc3n2)CC1. The zero-order valence-corrected chi connectivity index (χ0v) is 17.2. The molecule has 1 amide bonds. The molecule has 2 aromatic heterocycles. The van der Waals surface area contributed by atoms with E-state index in [0.717, 1.165) is 16.9 Å². The molecule has 2 aliphatic rings. The second-order valence-electron chi connectivity index (χ2n) is 8.43. The molecule has 1 aliphatic carbocycles. The van der Waals surface area contributed by atoms with Crippen LogP contribution in [0.15, 0.2) is 54.9 Å². The minimum Gasteiger partial charge on any atom is -0.343 e. The van der Waals surface area contributed by atoms with Crippen LogP contribution in [0.25, 0.3) is 5.65 Å². The summed E-state index contributed by atoms with van der Waals surface area (Å²) in [4.78, 5) is 19.2. The fourth-order valence-electron chi connectivity index (χ4n) is 4.61. The van der Waals surface area contributed by atoms with Gasteiger partial charge in [0.15, 0.2) is 0 Å². The Bertz CT molecular complexity index is 1090. The first-order valence-corrected chi connectivity index (χ1v) is 10.6. The maximum atomic E-state index is 13.2. The highest BCUT2D eigenvalue weighted by atomic mass is 35.5. The van der Waals surface area contributed by atoms with E-state index >= 15 is 0 Å². The molecule has 0 bridgehead atoms. The van der Waals surface area contributed by atoms with Crippen molar-refractivity contribution in [3.63, 3.8) is 0 Å². The van der Waals surface area contributed by atoms with E-state index < -0.39 is 11.8 Å². The van der Waals surface area contributed by atoms with Crippen LogP contribution in [-0.4, -0.2) is 39.2 Å². The molecule has 1 unspecified atom stereocenters. The Morgan fingerprint density at radius 3 is 2.47 bits per heavy atom. The second-order valence-corrected chi connectivity index (χ2v) is 8.87. The first-order valence-electron chi connectivity index (χ1n) is 10.2. The van der Waals surface area contributed by atoms with Crippen molar-refractivity contribution >= 4 is 23.2 Å². The first-order chi connectivity index (χ1) is 14.4. The summed E-state index contributed by atoms with van der Waals surface area (Å²) in [5.41, 5.74) is 2.58. The van der Waals surface area contributed by atoms with Crippen molar-refractivity contribution < 1.29 is 13.6 Å². The number of hydrogen-bond acceptors (Lipinski definition) is 2. The molecular formula is C23H22ClF2N3O. The van der Waals surface area contributed by atoms with Gasteiger partial charge in [0.05, 0.1) is 10.7 Å². The molecule has 1 aliphatic heterocycles. The van der Waals surface area contributed by atoms with E-state index in [1.807, 2.05) is 47.1 Å². The van der Waals surface area contributed by atoms with Crippen molar-refractivity contribution in [2.75, 3.05) is 13.1 Å². The van der Waals surface area contributed by atoms with Crippen molar-refractivity contribution in [1.82, 2.24) is 14.3 Å². The number of likely N-dealkylation sites (tertiary alicyclic amines) is 1. The summed E-state index contributed by atoms with van der Waals surface area (Å²) in [5, 5.41) is 0.637. The number of alkyl halides is 2. The van der Waals surface area contributed by atoms with Crippen molar-refractivity contribution in [2.45, 2.75) is 37.0 Å². The number of benzene rings is 1. The van der Waals surface area contributed by atoms with Crippen molar-refractivity contribution in [1.29, 1.82) is 0 Å². The van der Waals surface area contributed by atoms with Crippen LogP contribution < -0.4 is 0 Å². The molecule has 0 spiro atoms. The van der Waals surface area contributed by atoms with Crippen LogP contribution >= 0.6 is 11.6 Å². The third-order valence-corrected chi connectivity index (χ3v) is 6.80. The van der Waals surface area contributed by atoms with Gasteiger partial charge in [-0.3, -0.25) is 4.79 Å². The summed E-state index contributed by atoms with van der Waals surface area (Å²) in [6.45, 7) is 1.06. The molecule has 1 atom stereocenters. The molecule has 5 rings (SSSR count). The topological polar surface area (TPSA) is 37.6 Å². The predicted molar refractivity (Wildman–Crippen MR) is 111 cm³/mol. The number of pyridine rings is 1. The molecule has 2 fully saturated rings. The minimum absolute atomic E-state index is 0.0573. The quantitative estimate of drug-likeness (QED) is 0.589. The highest BCUT2D eigenvalue weighted by Crippen LogP contribution is 2.51. The van der Waals surface area contributed by atoms with Crippen LogP contribution in [0.2, 0.25) is 5.02 Å². The average molecular weight is 430 g/mol. The zero-order valence-electron chi connectivity index (χ0n) is 16.4. The van der Waals surface area contributed by atoms with E-state index in [2.05, 4.69) is 12.1 Å². The molecule has 1 saturated carbocycles. The van der Waals surface area contributed by atoms with Gasteiger partial charge >= 0.3 is 0 Å². The van der Waals surface area contributed by atoms with E-state index in [4.69, 9.17) is 16.6 Å². The standard InChI is InChI=1S/C23H22ClF2N3O/c24-18-6-7-20-27-19(15-29(20)14-18)22(16-4-2-1-3-5-16)8-10-28(11-9-22)21(30)12-17-13-23(17,25)26/h1-7,14-15,17H,8-13H2. The molecule has 3 aromatic rings. The zero-order chi connectivity index (χ0) is 20.9. The number of aromatic nitrogens is 2. The van der Waals surface area contributed by atoms with Crippen LogP contribution in [0.5, 0.6) is 0 Å². The lowest BCUT2D eigenvalue weighted by atomic mass is 9.70. The van der Waals surface area contributed by atoms with Gasteiger partial charge in [-0.1, -0.05) is 41.9 Å². The van der Waals surface area contributed by atoms with Gasteiger partial charge in [0, 0.05) is 49.7 Å². The Morgan fingerprint density at radius 1 is 1.10 bits per heavy atom. The maximum absolute atomic E-state index is 13.2. The molecule has 0 radical (unpaired) electrons. The summed E-state index contributed by atoms with van der Waals surface area (Å²) in [6.07, 6.45) is 5.02. The van der Waals surface area contributed by atoms with Gasteiger partial charge in [-0.05, 0) is 30.5 Å². The predicted octanol–water partition coefficient (Wildman–Crippen LogP) is 4.94. The van der Waals surface area contributed by atoms with E-state index in [-0.39, 0.29) is 24.2 Å². The number of imidazole rings is 1. The van der Waals surface area contributed by atoms with Gasteiger partial charge in [0.2, 0.25) is 5.91 Å². The second kappa shape index (κ2) is 7.05. The number of nitrogens with zero attached hydrogens (tertiary/aromatic N) is 3. The Hall–Kier alpha value is -2.47. The molecule has 3 heterocycles. The van der Waals surface area contributed by atoms with E-state index in [1.165, 1.54) is 0 Å². The molecule has 1 aromatic carbocycles. The smallest absolute Gasteiger partial charge is 0.252 e. The number of carbonyl (C=O) groups excluding carboxylic acids is 1. The lowest BCUT2D eigenvalue weighted by Crippen LogP contribution is -2.46. The van der Waals surface area contributed by atoms with Gasteiger partial charge in [-0.15, -0.1) is 0 Å². The lowest BCUT2D eigenvalue weighted by molar-refractivity contribution is -0.133. The molecule has 30 heavy (non-hydrogen) atoms. The van der Waals surface area contributed by atoms with Crippen molar-refractivity contribution in [3.05, 3.63) is 71.1 Å². The number of piperidine rings is 1. The highest BCUT2D eigenvalue weighted by Gasteiger charge is 2.57. The fourth-order valence-corrected chi connectivity index (χ4v) is 4.78. The highest BCUT2D eigenvalue weighted by molar-refractivity contribution is 6.30. The van der Waals surface area contributed by atoms with Crippen LogP contribution in [0.1, 0.15) is 36.9 Å². The number of amides is 1. The number of fused-ring (bicyclic) bond motifs is 1. The lowest BCUT2D eigenvalue weighted by Gasteiger charge is -2.41. The van der Waals surface area contributed by atoms with Gasteiger partial charge in [0.25, 0.3) is 5.92 Å². The summed E-state index contributed by atoms with van der Waals surface area (Å²) in [6, 6.07) is 13.9. The average Bonchev–Trinajstić information content (AvgIpc) is 3.14. The summed E-state index contributed by atoms with van der Waals surface area (Å²) >= 11 is 6.14. The summed E-state index contributed by atoms with van der Waals surface area (Å²) in [5.74, 6) is -3.61. The molecule has 7 heteroatoms. The Morgan fingerprint density at radius 2 is 1.80 bits per heavy atom. The van der Waals surface area contributed by atoms with Gasteiger partial charge < -0.3 is 9.30 Å². The van der Waals surface area contributed by atoms with Gasteiger partial charge in [-0.2, -0.15) is 0 Å². The minimum atomic E-state index is -2.66. The van der Waals surface area contributed by atoms with Gasteiger partial charge in [0.1, 0.15) is 5.65 Å². The third kappa shape index (κ3) is 3.37. The monoisotopic (exact) mass is 429 g/mol. The Labute approximate surface area is 178 Å². The van der Waals surface area contributed by atoms with Gasteiger partial charge in [-0.25, -0.2) is 13.8 Å². The molecule has 0 N–H and O–H groups in total. The van der Waals surface area contributed by atoms with E-state index in [9.17, 15) is 13.6 Å². The molecule has 1 saturated heterocycles. The van der Waals surface area contributed by atoms with Crippen LogP contribution in [-0.2, 0) is 10.2 Å². The van der Waals surface area contributed by atoms with Crippen molar-refractivity contribution in [3.8, 4) is 0 Å². The largest absolute Gasteiger partial charge is 0.343 e. The normalized spacial score (nSPS) is 22.2. The third-order valence-electron chi connectivity index (χ3n) is 6.58. The number of hydrogen-bond donors (Lipinski definition) is 0. The molecular weight excluding hydrogens is 408 g/mol. The van der Waals surface area contributed by atoms with Crippen LogP contribution in [0.4, 0.5) is 8.78 Å². The summed E-state index contributed by atoms with van der Waals surface area (Å²) < 4.78 is 28.4. The Balaban J connectivity index is 1.43.